The highest BCUT2D eigenvalue weighted by molar-refractivity contribution is 9.10. The van der Waals surface area contributed by atoms with E-state index in [1.807, 2.05) is 0 Å². The lowest BCUT2D eigenvalue weighted by Crippen LogP contribution is -1.84. The fourth-order valence-electron chi connectivity index (χ4n) is 1.17. The monoisotopic (exact) mass is 287 g/mol. The molecule has 2 rings (SSSR count). The first-order chi connectivity index (χ1) is 7.20. The van der Waals surface area contributed by atoms with Gasteiger partial charge in [0.15, 0.2) is 0 Å². The molecule has 1 aromatic heterocycles. The van der Waals surface area contributed by atoms with Gasteiger partial charge in [0.1, 0.15) is 10.8 Å². The molecule has 0 bridgehead atoms. The molecular weight excluding hydrogens is 281 g/mol. The zero-order valence-electron chi connectivity index (χ0n) is 7.58. The smallest absolute Gasteiger partial charge is 0.124 e. The third-order valence-electron chi connectivity index (χ3n) is 1.88. The van der Waals surface area contributed by atoms with Gasteiger partial charge in [-0.25, -0.2) is 9.37 Å². The van der Waals surface area contributed by atoms with Gasteiger partial charge in [0.05, 0.1) is 12.3 Å². The van der Waals surface area contributed by atoms with Crippen molar-refractivity contribution in [2.45, 2.75) is 6.61 Å². The summed E-state index contributed by atoms with van der Waals surface area (Å²) in [6.45, 7) is -0.0741. The molecule has 15 heavy (non-hydrogen) atoms. The molecule has 0 aliphatic rings. The lowest BCUT2D eigenvalue weighted by molar-refractivity contribution is 0.278. The van der Waals surface area contributed by atoms with Gasteiger partial charge >= 0.3 is 0 Å². The van der Waals surface area contributed by atoms with E-state index >= 15 is 0 Å². The Labute approximate surface area is 98.5 Å². The Morgan fingerprint density at radius 1 is 1.47 bits per heavy atom. The van der Waals surface area contributed by atoms with Crippen LogP contribution in [0.1, 0.15) is 5.69 Å². The van der Waals surface area contributed by atoms with Crippen LogP contribution in [-0.2, 0) is 6.61 Å². The Morgan fingerprint density at radius 3 is 2.87 bits per heavy atom. The number of nitrogens with zero attached hydrogens (tertiary/aromatic N) is 1. The van der Waals surface area contributed by atoms with Crippen molar-refractivity contribution in [1.29, 1.82) is 0 Å². The van der Waals surface area contributed by atoms with Crippen LogP contribution in [0.25, 0.3) is 10.6 Å². The van der Waals surface area contributed by atoms with Crippen LogP contribution in [0, 0.1) is 5.82 Å². The van der Waals surface area contributed by atoms with E-state index in [0.29, 0.717) is 10.2 Å². The highest BCUT2D eigenvalue weighted by atomic mass is 79.9. The van der Waals surface area contributed by atoms with E-state index in [-0.39, 0.29) is 12.4 Å². The summed E-state index contributed by atoms with van der Waals surface area (Å²) in [7, 11) is 0. The molecule has 1 heterocycles. The van der Waals surface area contributed by atoms with Gasteiger partial charge in [0.2, 0.25) is 0 Å². The topological polar surface area (TPSA) is 33.1 Å². The summed E-state index contributed by atoms with van der Waals surface area (Å²) >= 11 is 4.70. The molecule has 0 atom stereocenters. The van der Waals surface area contributed by atoms with Crippen LogP contribution in [0.4, 0.5) is 4.39 Å². The number of hydrogen-bond donors (Lipinski definition) is 1. The second-order valence-electron chi connectivity index (χ2n) is 2.93. The summed E-state index contributed by atoms with van der Waals surface area (Å²) in [6.07, 6.45) is 0. The van der Waals surface area contributed by atoms with E-state index in [0.717, 1.165) is 10.6 Å². The Balaban J connectivity index is 2.44. The van der Waals surface area contributed by atoms with Crippen LogP contribution in [0.15, 0.2) is 28.1 Å². The van der Waals surface area contributed by atoms with Crippen molar-refractivity contribution in [2.75, 3.05) is 0 Å². The number of hydrogen-bond acceptors (Lipinski definition) is 3. The van der Waals surface area contributed by atoms with Gasteiger partial charge in [-0.2, -0.15) is 0 Å². The van der Waals surface area contributed by atoms with Gasteiger partial charge in [-0.3, -0.25) is 0 Å². The number of aliphatic hydroxyl groups excluding tert-OH is 1. The second-order valence-corrected chi connectivity index (χ2v) is 4.64. The average molecular weight is 288 g/mol. The maximum Gasteiger partial charge on any atom is 0.124 e. The molecule has 78 valence electrons. The SMILES string of the molecule is OCc1csc(-c2ccc(F)cc2Br)n1. The summed E-state index contributed by atoms with van der Waals surface area (Å²) < 4.78 is 13.5. The van der Waals surface area contributed by atoms with Gasteiger partial charge in [-0.1, -0.05) is 0 Å². The standard InChI is InChI=1S/C10H7BrFNOS/c11-9-3-6(12)1-2-8(9)10-13-7(4-14)5-15-10/h1-3,5,14H,4H2. The normalized spacial score (nSPS) is 10.6. The van der Waals surface area contributed by atoms with Crippen molar-refractivity contribution >= 4 is 27.3 Å². The number of aliphatic hydroxyl groups is 1. The van der Waals surface area contributed by atoms with E-state index in [2.05, 4.69) is 20.9 Å². The number of aromatic nitrogens is 1. The molecule has 0 unspecified atom stereocenters. The van der Waals surface area contributed by atoms with Crippen LogP contribution >= 0.6 is 27.3 Å². The minimum absolute atomic E-state index is 0.0741. The van der Waals surface area contributed by atoms with Gasteiger partial charge in [-0.15, -0.1) is 11.3 Å². The lowest BCUT2D eigenvalue weighted by Gasteiger charge is -1.99. The van der Waals surface area contributed by atoms with Gasteiger partial charge in [-0.05, 0) is 34.1 Å². The van der Waals surface area contributed by atoms with Gasteiger partial charge < -0.3 is 5.11 Å². The minimum Gasteiger partial charge on any atom is -0.390 e. The van der Waals surface area contributed by atoms with E-state index in [1.165, 1.54) is 23.5 Å². The Morgan fingerprint density at radius 2 is 2.27 bits per heavy atom. The van der Waals surface area contributed by atoms with E-state index in [1.54, 1.807) is 11.4 Å². The molecule has 0 saturated heterocycles. The van der Waals surface area contributed by atoms with Crippen molar-refractivity contribution in [3.63, 3.8) is 0 Å². The summed E-state index contributed by atoms with van der Waals surface area (Å²) in [5, 5.41) is 11.4. The highest BCUT2D eigenvalue weighted by Crippen LogP contribution is 2.31. The molecule has 0 fully saturated rings. The molecule has 1 aromatic carbocycles. The molecule has 2 nitrogen and oxygen atoms in total. The molecule has 0 amide bonds. The zero-order valence-corrected chi connectivity index (χ0v) is 9.98. The Kier molecular flexibility index (Phi) is 3.14. The second kappa shape index (κ2) is 4.38. The summed E-state index contributed by atoms with van der Waals surface area (Å²) in [5.74, 6) is -0.287. The summed E-state index contributed by atoms with van der Waals surface area (Å²) in [4.78, 5) is 4.21. The molecule has 0 aliphatic heterocycles. The predicted octanol–water partition coefficient (Wildman–Crippen LogP) is 3.20. The minimum atomic E-state index is -0.287. The van der Waals surface area contributed by atoms with Crippen LogP contribution in [-0.4, -0.2) is 10.1 Å². The molecule has 0 saturated carbocycles. The van der Waals surface area contributed by atoms with E-state index < -0.39 is 0 Å². The first kappa shape index (κ1) is 10.7. The zero-order chi connectivity index (χ0) is 10.8. The van der Waals surface area contributed by atoms with Crippen molar-refractivity contribution in [1.82, 2.24) is 4.98 Å². The van der Waals surface area contributed by atoms with E-state index in [9.17, 15) is 4.39 Å². The molecule has 2 aromatic rings. The van der Waals surface area contributed by atoms with Crippen molar-refractivity contribution in [2.24, 2.45) is 0 Å². The van der Waals surface area contributed by atoms with Gasteiger partial charge in [0.25, 0.3) is 0 Å². The van der Waals surface area contributed by atoms with Crippen molar-refractivity contribution in [3.8, 4) is 10.6 Å². The molecular formula is C10H7BrFNOS. The van der Waals surface area contributed by atoms with Crippen LogP contribution in [0.2, 0.25) is 0 Å². The summed E-state index contributed by atoms with van der Waals surface area (Å²) in [6, 6.07) is 4.45. The van der Waals surface area contributed by atoms with Crippen LogP contribution < -0.4 is 0 Å². The number of thiazole rings is 1. The fraction of sp³-hybridized carbons (Fsp3) is 0.100. The number of halogens is 2. The number of rotatable bonds is 2. The largest absolute Gasteiger partial charge is 0.390 e. The molecule has 0 radical (unpaired) electrons. The first-order valence-electron chi connectivity index (χ1n) is 4.21. The maximum atomic E-state index is 12.8. The third kappa shape index (κ3) is 2.25. The molecule has 1 N–H and O–H groups in total. The molecule has 5 heteroatoms. The van der Waals surface area contributed by atoms with Crippen LogP contribution in [0.3, 0.4) is 0 Å². The first-order valence-corrected chi connectivity index (χ1v) is 5.88. The lowest BCUT2D eigenvalue weighted by atomic mass is 10.2. The fourth-order valence-corrected chi connectivity index (χ4v) is 2.69. The number of benzene rings is 1. The quantitative estimate of drug-likeness (QED) is 0.920. The van der Waals surface area contributed by atoms with E-state index in [4.69, 9.17) is 5.11 Å². The Hall–Kier alpha value is -0.780. The van der Waals surface area contributed by atoms with Crippen LogP contribution in [0.5, 0.6) is 0 Å². The molecule has 0 aliphatic carbocycles. The Bertz CT molecular complexity index is 486. The summed E-state index contributed by atoms with van der Waals surface area (Å²) in [5.41, 5.74) is 1.47. The van der Waals surface area contributed by atoms with Gasteiger partial charge in [0, 0.05) is 15.4 Å². The third-order valence-corrected chi connectivity index (χ3v) is 3.46. The average Bonchev–Trinajstić information content (AvgIpc) is 2.66. The van der Waals surface area contributed by atoms with Crippen molar-refractivity contribution < 1.29 is 9.50 Å². The molecule has 0 spiro atoms. The predicted molar refractivity (Wildman–Crippen MR) is 61.1 cm³/mol. The van der Waals surface area contributed by atoms with Crippen molar-refractivity contribution in [3.05, 3.63) is 39.6 Å². The highest BCUT2D eigenvalue weighted by Gasteiger charge is 2.08. The maximum absolute atomic E-state index is 12.8.